The average molecular weight is 481 g/mol. The van der Waals surface area contributed by atoms with E-state index in [4.69, 9.17) is 17.3 Å². The fraction of sp³-hybridized carbons (Fsp3) is 0.391. The van der Waals surface area contributed by atoms with Gasteiger partial charge in [-0.1, -0.05) is 23.7 Å². The smallest absolute Gasteiger partial charge is 0.320 e. The Kier molecular flexibility index (Phi) is 6.81. The average Bonchev–Trinajstić information content (AvgIpc) is 3.08. The number of nitrogens with zero attached hydrogens (tertiary/aromatic N) is 3. The van der Waals surface area contributed by atoms with E-state index in [0.29, 0.717) is 43.8 Å². The first-order chi connectivity index (χ1) is 15.7. The van der Waals surface area contributed by atoms with Crippen LogP contribution in [0.25, 0.3) is 0 Å². The molecule has 33 heavy (non-hydrogen) atoms. The van der Waals surface area contributed by atoms with Gasteiger partial charge in [0.2, 0.25) is 5.91 Å². The van der Waals surface area contributed by atoms with E-state index < -0.39 is 23.5 Å². The maximum absolute atomic E-state index is 13.9. The van der Waals surface area contributed by atoms with Crippen molar-refractivity contribution in [2.75, 3.05) is 26.2 Å². The topological polar surface area (TPSA) is 69.9 Å². The number of benzene rings is 2. The van der Waals surface area contributed by atoms with Crippen molar-refractivity contribution >= 4 is 23.5 Å². The van der Waals surface area contributed by atoms with Gasteiger partial charge in [-0.3, -0.25) is 4.79 Å². The van der Waals surface area contributed by atoms with Crippen molar-refractivity contribution < 1.29 is 22.8 Å². The summed E-state index contributed by atoms with van der Waals surface area (Å²) in [6.07, 6.45) is -0.154. The summed E-state index contributed by atoms with van der Waals surface area (Å²) in [6, 6.07) is 7.62. The minimum atomic E-state index is -1.27. The molecule has 176 valence electrons. The lowest BCUT2D eigenvalue weighted by Crippen LogP contribution is -2.54. The predicted molar refractivity (Wildman–Crippen MR) is 117 cm³/mol. The van der Waals surface area contributed by atoms with Crippen LogP contribution in [0.3, 0.4) is 0 Å². The van der Waals surface area contributed by atoms with Crippen LogP contribution >= 0.6 is 11.6 Å². The fourth-order valence-electron chi connectivity index (χ4n) is 4.37. The van der Waals surface area contributed by atoms with Gasteiger partial charge in [0.15, 0.2) is 11.6 Å². The zero-order valence-corrected chi connectivity index (χ0v) is 18.6. The third kappa shape index (κ3) is 5.25. The molecule has 0 saturated carbocycles. The quantitative estimate of drug-likeness (QED) is 0.646. The lowest BCUT2D eigenvalue weighted by atomic mass is 10.0. The monoisotopic (exact) mass is 480 g/mol. The van der Waals surface area contributed by atoms with E-state index in [1.54, 1.807) is 26.8 Å². The summed E-state index contributed by atoms with van der Waals surface area (Å²) in [6.45, 7) is 2.13. The molecule has 0 radical (unpaired) electrons. The Morgan fingerprint density at radius 3 is 2.48 bits per heavy atom. The molecule has 2 aromatic rings. The molecule has 0 aromatic heterocycles. The van der Waals surface area contributed by atoms with E-state index in [-0.39, 0.29) is 36.4 Å². The zero-order valence-electron chi connectivity index (χ0n) is 17.8. The Hall–Kier alpha value is -2.78. The molecule has 2 heterocycles. The van der Waals surface area contributed by atoms with Crippen molar-refractivity contribution in [2.45, 2.75) is 31.5 Å². The number of nitrogens with two attached hydrogens (primary N) is 1. The Morgan fingerprint density at radius 2 is 1.76 bits per heavy atom. The molecule has 0 aliphatic carbocycles. The summed E-state index contributed by atoms with van der Waals surface area (Å²) in [5.74, 6) is -3.53. The molecule has 2 fully saturated rings. The number of carbonyl (C=O) groups is 2. The van der Waals surface area contributed by atoms with Gasteiger partial charge in [-0.25, -0.2) is 18.0 Å². The highest BCUT2D eigenvalue weighted by Gasteiger charge is 2.41. The van der Waals surface area contributed by atoms with Gasteiger partial charge < -0.3 is 20.4 Å². The van der Waals surface area contributed by atoms with Gasteiger partial charge >= 0.3 is 6.03 Å². The summed E-state index contributed by atoms with van der Waals surface area (Å²) in [7, 11) is 0. The highest BCUT2D eigenvalue weighted by atomic mass is 35.5. The summed E-state index contributed by atoms with van der Waals surface area (Å²) in [5.41, 5.74) is 6.90. The molecule has 2 saturated heterocycles. The van der Waals surface area contributed by atoms with Gasteiger partial charge in [0.1, 0.15) is 5.82 Å². The number of piperazine rings is 1. The van der Waals surface area contributed by atoms with Gasteiger partial charge in [0.25, 0.3) is 0 Å². The van der Waals surface area contributed by atoms with Crippen molar-refractivity contribution in [1.29, 1.82) is 0 Å². The number of halogens is 4. The number of rotatable bonds is 6. The maximum Gasteiger partial charge on any atom is 0.320 e. The first kappa shape index (κ1) is 23.4. The van der Waals surface area contributed by atoms with Gasteiger partial charge in [-0.15, -0.1) is 0 Å². The molecule has 6 nitrogen and oxygen atoms in total. The second kappa shape index (κ2) is 9.61. The van der Waals surface area contributed by atoms with Crippen LogP contribution in [-0.2, 0) is 17.8 Å². The van der Waals surface area contributed by atoms with Crippen LogP contribution < -0.4 is 5.73 Å². The van der Waals surface area contributed by atoms with Crippen LogP contribution in [0.15, 0.2) is 36.4 Å². The highest BCUT2D eigenvalue weighted by molar-refractivity contribution is 6.30. The van der Waals surface area contributed by atoms with Crippen LogP contribution in [0.1, 0.15) is 17.5 Å². The third-order valence-corrected chi connectivity index (χ3v) is 6.33. The lowest BCUT2D eigenvalue weighted by molar-refractivity contribution is -0.133. The summed E-state index contributed by atoms with van der Waals surface area (Å²) >= 11 is 5.92. The van der Waals surface area contributed by atoms with Crippen molar-refractivity contribution in [3.05, 3.63) is 70.0 Å². The van der Waals surface area contributed by atoms with E-state index in [1.807, 2.05) is 12.1 Å². The molecule has 4 rings (SSSR count). The number of urea groups is 1. The first-order valence-electron chi connectivity index (χ1n) is 10.7. The Bertz CT molecular complexity index is 1050. The summed E-state index contributed by atoms with van der Waals surface area (Å²) in [5, 5.41) is 0.628. The van der Waals surface area contributed by atoms with Gasteiger partial charge in [0, 0.05) is 56.3 Å². The van der Waals surface area contributed by atoms with Gasteiger partial charge in [-0.05, 0) is 35.7 Å². The van der Waals surface area contributed by atoms with Crippen molar-refractivity contribution in [3.8, 4) is 0 Å². The molecular weight excluding hydrogens is 457 g/mol. The summed E-state index contributed by atoms with van der Waals surface area (Å²) in [4.78, 5) is 30.7. The number of hydrogen-bond donors (Lipinski definition) is 1. The van der Waals surface area contributed by atoms with E-state index in [0.717, 1.165) is 11.6 Å². The first-order valence-corrected chi connectivity index (χ1v) is 11.1. The molecule has 10 heteroatoms. The molecule has 3 amide bonds. The van der Waals surface area contributed by atoms with E-state index in [9.17, 15) is 22.8 Å². The fourth-order valence-corrected chi connectivity index (χ4v) is 4.50. The van der Waals surface area contributed by atoms with Crippen LogP contribution in [0.4, 0.5) is 18.0 Å². The molecule has 0 bridgehead atoms. The van der Waals surface area contributed by atoms with Crippen LogP contribution in [-0.4, -0.2) is 64.9 Å². The maximum atomic E-state index is 13.9. The molecule has 2 aliphatic rings. The molecule has 2 aliphatic heterocycles. The van der Waals surface area contributed by atoms with Gasteiger partial charge in [-0.2, -0.15) is 0 Å². The second-order valence-electron chi connectivity index (χ2n) is 8.50. The Morgan fingerprint density at radius 1 is 1.06 bits per heavy atom. The molecule has 1 unspecified atom stereocenters. The number of carbonyl (C=O) groups excluding carboxylic acids is 2. The largest absolute Gasteiger partial charge is 0.339 e. The minimum absolute atomic E-state index is 0.0619. The molecular formula is C23H24ClF3N4O2. The zero-order chi connectivity index (χ0) is 23.7. The number of fused-ring (bicyclic) bond motifs is 1. The van der Waals surface area contributed by atoms with Crippen LogP contribution in [0.5, 0.6) is 0 Å². The predicted octanol–water partition coefficient (Wildman–Crippen LogP) is 3.17. The van der Waals surface area contributed by atoms with Gasteiger partial charge in [0.05, 0.1) is 6.04 Å². The van der Waals surface area contributed by atoms with Crippen molar-refractivity contribution in [1.82, 2.24) is 14.7 Å². The second-order valence-corrected chi connectivity index (χ2v) is 8.94. The summed E-state index contributed by atoms with van der Waals surface area (Å²) < 4.78 is 40.4. The number of amides is 3. The molecule has 0 spiro atoms. The Labute approximate surface area is 194 Å². The van der Waals surface area contributed by atoms with Crippen molar-refractivity contribution in [2.24, 2.45) is 5.73 Å². The molecule has 2 N–H and O–H groups in total. The Balaban J connectivity index is 1.32. The third-order valence-electron chi connectivity index (χ3n) is 6.08. The highest BCUT2D eigenvalue weighted by Crippen LogP contribution is 2.24. The SMILES string of the molecule is N[C@@H](CC(=O)N1CCN2C(=O)N(Cc3ccc(Cl)cc3)CC2C1)Cc1cc(F)c(F)cc1F. The lowest BCUT2D eigenvalue weighted by Gasteiger charge is -2.36. The van der Waals surface area contributed by atoms with Crippen LogP contribution in [0, 0.1) is 17.5 Å². The molecule has 2 atom stereocenters. The minimum Gasteiger partial charge on any atom is -0.339 e. The van der Waals surface area contributed by atoms with Crippen LogP contribution in [0.2, 0.25) is 5.02 Å². The standard InChI is InChI=1S/C23H24ClF3N4O2/c24-16-3-1-14(2-4-16)11-30-13-18-12-29(5-6-31(18)23(30)33)22(32)9-17(28)7-15-8-20(26)21(27)10-19(15)25/h1-4,8,10,17-18H,5-7,9,11-13,28H2/t17-,18?/m1/s1. The number of hydrogen-bond acceptors (Lipinski definition) is 3. The van der Waals surface area contributed by atoms with E-state index >= 15 is 0 Å². The van der Waals surface area contributed by atoms with E-state index in [2.05, 4.69) is 0 Å². The van der Waals surface area contributed by atoms with E-state index in [1.165, 1.54) is 0 Å². The van der Waals surface area contributed by atoms with Crippen molar-refractivity contribution in [3.63, 3.8) is 0 Å². The normalized spacial score (nSPS) is 19.1. The molecule has 2 aromatic carbocycles.